The maximum atomic E-state index is 13.7. The van der Waals surface area contributed by atoms with Crippen molar-refractivity contribution >= 4 is 58.2 Å². The fraction of sp³-hybridized carbons (Fsp3) is 0.179. The molecule has 1 heterocycles. The van der Waals surface area contributed by atoms with Crippen molar-refractivity contribution in [2.75, 3.05) is 10.2 Å². The van der Waals surface area contributed by atoms with Gasteiger partial charge in [-0.05, 0) is 79.8 Å². The van der Waals surface area contributed by atoms with Gasteiger partial charge in [-0.1, -0.05) is 65.3 Å². The van der Waals surface area contributed by atoms with Crippen LogP contribution < -0.4 is 10.2 Å². The Balaban J connectivity index is 1.76. The van der Waals surface area contributed by atoms with Crippen LogP contribution in [0.5, 0.6) is 0 Å². The number of thioether (sulfide) groups is 1. The number of carbonyl (C=O) groups is 2. The van der Waals surface area contributed by atoms with E-state index < -0.39 is 11.2 Å². The maximum Gasteiger partial charge on any atom is 0.269 e. The van der Waals surface area contributed by atoms with E-state index in [0.29, 0.717) is 32.9 Å². The Bertz CT molecular complexity index is 1440. The third kappa shape index (κ3) is 5.29. The van der Waals surface area contributed by atoms with Crippen LogP contribution in [-0.4, -0.2) is 17.1 Å². The largest absolute Gasteiger partial charge is 0.320 e. The molecule has 1 aliphatic heterocycles. The molecule has 2 amide bonds. The first-order valence-corrected chi connectivity index (χ1v) is 12.9. The highest BCUT2D eigenvalue weighted by Gasteiger charge is 2.41. The maximum absolute atomic E-state index is 13.7. The number of nitrogens with zero attached hydrogens (tertiary/aromatic N) is 2. The highest BCUT2D eigenvalue weighted by atomic mass is 35.5. The number of nitrogens with one attached hydrogen (secondary N) is 1. The molecule has 1 fully saturated rings. The molecule has 3 aromatic carbocycles. The van der Waals surface area contributed by atoms with Crippen LogP contribution in [0.2, 0.25) is 10.0 Å². The highest BCUT2D eigenvalue weighted by Crippen LogP contribution is 2.42. The Morgan fingerprint density at radius 2 is 1.72 bits per heavy atom. The van der Waals surface area contributed by atoms with Crippen LogP contribution in [0.3, 0.4) is 0 Å². The molecule has 5 nitrogen and oxygen atoms in total. The summed E-state index contributed by atoms with van der Waals surface area (Å²) >= 11 is 13.7. The lowest BCUT2D eigenvalue weighted by Gasteiger charge is -2.20. The second-order valence-electron chi connectivity index (χ2n) is 8.56. The number of anilines is 2. The summed E-state index contributed by atoms with van der Waals surface area (Å²) in [5.41, 5.74) is 4.76. The van der Waals surface area contributed by atoms with Gasteiger partial charge in [-0.3, -0.25) is 14.5 Å². The molecule has 36 heavy (non-hydrogen) atoms. The van der Waals surface area contributed by atoms with E-state index in [1.165, 1.54) is 16.7 Å². The molecular formula is C28H23Cl2N3O2S. The Morgan fingerprint density at radius 3 is 2.39 bits per heavy atom. The van der Waals surface area contributed by atoms with Gasteiger partial charge in [0, 0.05) is 10.7 Å². The number of amides is 2. The SMILES string of the molecule is Cc1ccc(N2C(=O)C(Cc3ccc(C)c(Cl)c3)SC2=C(C#N)C(=O)Nc2ccccc2Cl)cc1C. The predicted molar refractivity (Wildman–Crippen MR) is 147 cm³/mol. The molecule has 0 spiro atoms. The molecule has 1 N–H and O–H groups in total. The smallest absolute Gasteiger partial charge is 0.269 e. The van der Waals surface area contributed by atoms with Gasteiger partial charge < -0.3 is 5.32 Å². The average molecular weight is 536 g/mol. The molecule has 1 unspecified atom stereocenters. The molecule has 0 aliphatic carbocycles. The van der Waals surface area contributed by atoms with Crippen LogP contribution in [0.4, 0.5) is 11.4 Å². The van der Waals surface area contributed by atoms with Crippen molar-refractivity contribution in [2.45, 2.75) is 32.4 Å². The van der Waals surface area contributed by atoms with Crippen LogP contribution in [0.15, 0.2) is 71.3 Å². The Morgan fingerprint density at radius 1 is 1.00 bits per heavy atom. The number of hydrogen-bond acceptors (Lipinski definition) is 4. The minimum atomic E-state index is -0.631. The molecule has 0 saturated carbocycles. The van der Waals surface area contributed by atoms with Gasteiger partial charge in [0.15, 0.2) is 0 Å². The second kappa shape index (κ2) is 10.8. The third-order valence-corrected chi connectivity index (χ3v) is 8.03. The summed E-state index contributed by atoms with van der Waals surface area (Å²) in [5.74, 6) is -0.831. The van der Waals surface area contributed by atoms with Crippen molar-refractivity contribution in [1.29, 1.82) is 5.26 Å². The summed E-state index contributed by atoms with van der Waals surface area (Å²) in [5, 5.41) is 13.5. The number of nitriles is 1. The van der Waals surface area contributed by atoms with Gasteiger partial charge in [0.1, 0.15) is 16.7 Å². The summed E-state index contributed by atoms with van der Waals surface area (Å²) in [6.07, 6.45) is 0.402. The monoisotopic (exact) mass is 535 g/mol. The van der Waals surface area contributed by atoms with E-state index in [-0.39, 0.29) is 11.5 Å². The van der Waals surface area contributed by atoms with Crippen molar-refractivity contribution in [1.82, 2.24) is 0 Å². The summed E-state index contributed by atoms with van der Waals surface area (Å²) < 4.78 is 0. The van der Waals surface area contributed by atoms with E-state index in [4.69, 9.17) is 23.2 Å². The number of carbonyl (C=O) groups excluding carboxylic acids is 2. The topological polar surface area (TPSA) is 73.2 Å². The first-order chi connectivity index (χ1) is 17.2. The number of para-hydroxylation sites is 1. The zero-order chi connectivity index (χ0) is 26.0. The van der Waals surface area contributed by atoms with E-state index >= 15 is 0 Å². The van der Waals surface area contributed by atoms with Gasteiger partial charge in [-0.25, -0.2) is 0 Å². The summed E-state index contributed by atoms with van der Waals surface area (Å²) in [6.45, 7) is 5.86. The molecule has 4 rings (SSSR count). The lowest BCUT2D eigenvalue weighted by molar-refractivity contribution is -0.117. The van der Waals surface area contributed by atoms with Crippen molar-refractivity contribution in [2.24, 2.45) is 0 Å². The van der Waals surface area contributed by atoms with Crippen molar-refractivity contribution in [3.8, 4) is 6.07 Å². The van der Waals surface area contributed by atoms with E-state index in [1.54, 1.807) is 24.3 Å². The molecule has 1 atom stereocenters. The van der Waals surface area contributed by atoms with Crippen LogP contribution in [0.25, 0.3) is 0 Å². The number of hydrogen-bond donors (Lipinski definition) is 1. The molecule has 3 aromatic rings. The first kappa shape index (κ1) is 25.8. The van der Waals surface area contributed by atoms with Crippen molar-refractivity contribution < 1.29 is 9.59 Å². The number of rotatable bonds is 5. The van der Waals surface area contributed by atoms with Gasteiger partial charge in [0.05, 0.1) is 16.0 Å². The van der Waals surface area contributed by atoms with Crippen LogP contribution >= 0.6 is 35.0 Å². The second-order valence-corrected chi connectivity index (χ2v) is 10.6. The Hall–Kier alpha value is -3.24. The number of benzene rings is 3. The molecule has 1 aliphatic rings. The number of halogens is 2. The summed E-state index contributed by atoms with van der Waals surface area (Å²) in [7, 11) is 0. The average Bonchev–Trinajstić information content (AvgIpc) is 3.15. The molecule has 0 aromatic heterocycles. The van der Waals surface area contributed by atoms with Gasteiger partial charge in [-0.15, -0.1) is 0 Å². The van der Waals surface area contributed by atoms with Gasteiger partial charge in [0.25, 0.3) is 5.91 Å². The minimum absolute atomic E-state index is 0.157. The molecule has 182 valence electrons. The van der Waals surface area contributed by atoms with E-state index in [0.717, 1.165) is 22.3 Å². The van der Waals surface area contributed by atoms with Crippen LogP contribution in [0, 0.1) is 32.1 Å². The standard InChI is InChI=1S/C28H23Cl2N3O2S/c1-16-9-11-20(12-18(16)3)33-27(35)25(14-19-10-8-17(2)23(30)13-19)36-28(33)21(15-31)26(34)32-24-7-5-4-6-22(24)29/h4-13,25H,14H2,1-3H3,(H,32,34). The molecule has 0 bridgehead atoms. The third-order valence-electron chi connectivity index (χ3n) is 6.03. The Labute approximate surface area is 224 Å². The molecule has 1 saturated heterocycles. The van der Waals surface area contributed by atoms with E-state index in [1.807, 2.05) is 63.2 Å². The summed E-state index contributed by atoms with van der Waals surface area (Å²) in [4.78, 5) is 28.4. The van der Waals surface area contributed by atoms with Crippen LogP contribution in [-0.2, 0) is 16.0 Å². The van der Waals surface area contributed by atoms with Gasteiger partial charge in [-0.2, -0.15) is 5.26 Å². The Kier molecular flexibility index (Phi) is 7.75. The van der Waals surface area contributed by atoms with Gasteiger partial charge in [0.2, 0.25) is 5.91 Å². The number of aryl methyl sites for hydroxylation is 3. The lowest BCUT2D eigenvalue weighted by atomic mass is 10.1. The lowest BCUT2D eigenvalue weighted by Crippen LogP contribution is -2.31. The molecule has 0 radical (unpaired) electrons. The van der Waals surface area contributed by atoms with Crippen molar-refractivity contribution in [3.63, 3.8) is 0 Å². The quantitative estimate of drug-likeness (QED) is 0.282. The molecule has 8 heteroatoms. The van der Waals surface area contributed by atoms with E-state index in [9.17, 15) is 14.9 Å². The fourth-order valence-electron chi connectivity index (χ4n) is 3.81. The minimum Gasteiger partial charge on any atom is -0.320 e. The van der Waals surface area contributed by atoms with Crippen LogP contribution in [0.1, 0.15) is 22.3 Å². The van der Waals surface area contributed by atoms with E-state index in [2.05, 4.69) is 5.32 Å². The van der Waals surface area contributed by atoms with Gasteiger partial charge >= 0.3 is 0 Å². The fourth-order valence-corrected chi connectivity index (χ4v) is 5.51. The molecular weight excluding hydrogens is 513 g/mol. The predicted octanol–water partition coefficient (Wildman–Crippen LogP) is 6.98. The summed E-state index contributed by atoms with van der Waals surface area (Å²) in [6, 6.07) is 20.1. The van der Waals surface area contributed by atoms with Crippen molar-refractivity contribution in [3.05, 3.63) is 104 Å². The zero-order valence-corrected chi connectivity index (χ0v) is 22.3. The zero-order valence-electron chi connectivity index (χ0n) is 19.9. The first-order valence-electron chi connectivity index (χ1n) is 11.2. The highest BCUT2D eigenvalue weighted by molar-refractivity contribution is 8.05. The normalized spacial score (nSPS) is 16.6.